The molecule has 36 heavy (non-hydrogen) atoms. The van der Waals surface area contributed by atoms with Gasteiger partial charge in [0, 0.05) is 30.8 Å². The van der Waals surface area contributed by atoms with Crippen LogP contribution in [-0.4, -0.2) is 45.1 Å². The largest absolute Gasteiger partial charge is 0.493 e. The van der Waals surface area contributed by atoms with Crippen molar-refractivity contribution in [3.8, 4) is 22.9 Å². The molecule has 0 aliphatic rings. The number of carbonyl (C=O) groups is 2. The number of amides is 2. The number of rotatable bonds is 9. The first-order valence-corrected chi connectivity index (χ1v) is 11.5. The highest BCUT2D eigenvalue weighted by atomic mass is 16.5. The fourth-order valence-electron chi connectivity index (χ4n) is 3.51. The number of benzene rings is 1. The van der Waals surface area contributed by atoms with Crippen molar-refractivity contribution >= 4 is 23.3 Å². The van der Waals surface area contributed by atoms with E-state index in [2.05, 4.69) is 39.5 Å². The number of anilines is 1. The second-order valence-corrected chi connectivity index (χ2v) is 8.60. The van der Waals surface area contributed by atoms with Gasteiger partial charge in [0.2, 0.25) is 11.8 Å². The van der Waals surface area contributed by atoms with Crippen molar-refractivity contribution in [1.82, 2.24) is 24.9 Å². The Morgan fingerprint density at radius 1 is 1.14 bits per heavy atom. The van der Waals surface area contributed by atoms with E-state index in [0.29, 0.717) is 35.2 Å². The fraction of sp³-hybridized carbons (Fsp3) is 0.269. The smallest absolute Gasteiger partial charge is 0.257 e. The quantitative estimate of drug-likeness (QED) is 0.368. The Morgan fingerprint density at radius 3 is 2.69 bits per heavy atom. The minimum Gasteiger partial charge on any atom is -0.493 e. The predicted octanol–water partition coefficient (Wildman–Crippen LogP) is 3.72. The van der Waals surface area contributed by atoms with Crippen molar-refractivity contribution in [3.05, 3.63) is 66.0 Å². The van der Waals surface area contributed by atoms with Crippen molar-refractivity contribution in [3.63, 3.8) is 0 Å². The van der Waals surface area contributed by atoms with Gasteiger partial charge >= 0.3 is 0 Å². The summed E-state index contributed by atoms with van der Waals surface area (Å²) in [6.45, 7) is 6.45. The molecule has 10 heteroatoms. The standard InChI is InChI=1S/C26H28N6O4/c1-16(2)15-36-22-8-6-5-7-18(22)12-27-25(34)20-11-19(13-28-26(20)35-4)21-9-10-24-30-23(29-17(3)33)14-32(24)31-21/h5-11,13-14,16H,12,15H2,1-4H3,(H,27,34)(H,29,33). The van der Waals surface area contributed by atoms with Gasteiger partial charge in [0.05, 0.1) is 25.6 Å². The number of hydrogen-bond donors (Lipinski definition) is 2. The molecule has 4 aromatic rings. The van der Waals surface area contributed by atoms with Gasteiger partial charge in [-0.25, -0.2) is 14.5 Å². The number of carbonyl (C=O) groups excluding carboxylic acids is 2. The third kappa shape index (κ3) is 5.77. The van der Waals surface area contributed by atoms with Crippen LogP contribution < -0.4 is 20.1 Å². The molecule has 0 saturated heterocycles. The molecule has 186 valence electrons. The van der Waals surface area contributed by atoms with E-state index in [1.165, 1.54) is 14.0 Å². The molecule has 2 N–H and O–H groups in total. The van der Waals surface area contributed by atoms with Gasteiger partial charge in [0.15, 0.2) is 11.5 Å². The Bertz CT molecular complexity index is 1400. The minimum atomic E-state index is -0.337. The maximum absolute atomic E-state index is 13.1. The Kier molecular flexibility index (Phi) is 7.43. The lowest BCUT2D eigenvalue weighted by Gasteiger charge is -2.14. The van der Waals surface area contributed by atoms with Gasteiger partial charge in [-0.15, -0.1) is 0 Å². The molecule has 3 heterocycles. The van der Waals surface area contributed by atoms with E-state index in [9.17, 15) is 9.59 Å². The molecule has 0 fully saturated rings. The summed E-state index contributed by atoms with van der Waals surface area (Å²) >= 11 is 0. The Hall–Kier alpha value is -4.47. The zero-order valence-corrected chi connectivity index (χ0v) is 20.6. The van der Waals surface area contributed by atoms with Crippen LogP contribution in [0, 0.1) is 5.92 Å². The first-order valence-electron chi connectivity index (χ1n) is 11.5. The normalized spacial score (nSPS) is 10.9. The Balaban J connectivity index is 1.56. The Morgan fingerprint density at radius 2 is 1.94 bits per heavy atom. The summed E-state index contributed by atoms with van der Waals surface area (Å²) in [6.07, 6.45) is 3.20. The lowest BCUT2D eigenvalue weighted by molar-refractivity contribution is -0.114. The number of aromatic nitrogens is 4. The lowest BCUT2D eigenvalue weighted by Crippen LogP contribution is -2.24. The molecule has 0 radical (unpaired) electrons. The van der Waals surface area contributed by atoms with E-state index < -0.39 is 0 Å². The maximum atomic E-state index is 13.1. The average Bonchev–Trinajstić information content (AvgIpc) is 3.26. The van der Waals surface area contributed by atoms with Crippen molar-refractivity contribution < 1.29 is 19.1 Å². The summed E-state index contributed by atoms with van der Waals surface area (Å²) in [6, 6.07) is 12.8. The Labute approximate surface area is 208 Å². The van der Waals surface area contributed by atoms with Gasteiger partial charge in [-0.1, -0.05) is 32.0 Å². The molecule has 1 aromatic carbocycles. The molecule has 0 unspecified atom stereocenters. The van der Waals surface area contributed by atoms with Gasteiger partial charge in [-0.05, 0) is 30.2 Å². The van der Waals surface area contributed by atoms with Crippen LogP contribution in [0.1, 0.15) is 36.7 Å². The van der Waals surface area contributed by atoms with Crippen molar-refractivity contribution in [2.45, 2.75) is 27.3 Å². The van der Waals surface area contributed by atoms with Crippen LogP contribution in [0.25, 0.3) is 16.9 Å². The molecule has 0 spiro atoms. The number of fused-ring (bicyclic) bond motifs is 1. The highest BCUT2D eigenvalue weighted by Gasteiger charge is 2.17. The number of nitrogens with zero attached hydrogens (tertiary/aromatic N) is 4. The number of para-hydroxylation sites is 1. The van der Waals surface area contributed by atoms with E-state index >= 15 is 0 Å². The molecule has 0 atom stereocenters. The number of nitrogens with one attached hydrogen (secondary N) is 2. The third-order valence-corrected chi connectivity index (χ3v) is 5.19. The van der Waals surface area contributed by atoms with Crippen LogP contribution >= 0.6 is 0 Å². The first-order chi connectivity index (χ1) is 17.3. The van der Waals surface area contributed by atoms with Crippen LogP contribution in [-0.2, 0) is 11.3 Å². The molecule has 2 amide bonds. The number of imidazole rings is 1. The van der Waals surface area contributed by atoms with E-state index in [1.807, 2.05) is 24.3 Å². The monoisotopic (exact) mass is 488 g/mol. The molecule has 4 rings (SSSR count). The second-order valence-electron chi connectivity index (χ2n) is 8.60. The minimum absolute atomic E-state index is 0.206. The SMILES string of the molecule is COc1ncc(-c2ccc3nc(NC(C)=O)cn3n2)cc1C(=O)NCc1ccccc1OCC(C)C. The van der Waals surface area contributed by atoms with Crippen LogP contribution in [0.15, 0.2) is 54.9 Å². The summed E-state index contributed by atoms with van der Waals surface area (Å²) in [5.74, 6) is 1.17. The summed E-state index contributed by atoms with van der Waals surface area (Å²) in [4.78, 5) is 33.1. The molecule has 0 bridgehead atoms. The second kappa shape index (κ2) is 10.9. The third-order valence-electron chi connectivity index (χ3n) is 5.19. The topological polar surface area (TPSA) is 120 Å². The lowest BCUT2D eigenvalue weighted by atomic mass is 10.1. The predicted molar refractivity (Wildman–Crippen MR) is 135 cm³/mol. The van der Waals surface area contributed by atoms with Crippen LogP contribution in [0.3, 0.4) is 0 Å². The van der Waals surface area contributed by atoms with E-state index in [0.717, 1.165) is 11.3 Å². The molecule has 0 saturated carbocycles. The van der Waals surface area contributed by atoms with Gasteiger partial charge in [-0.3, -0.25) is 9.59 Å². The van der Waals surface area contributed by atoms with Gasteiger partial charge < -0.3 is 20.1 Å². The molecule has 3 aromatic heterocycles. The molecule has 0 aliphatic heterocycles. The van der Waals surface area contributed by atoms with Crippen molar-refractivity contribution in [2.24, 2.45) is 5.92 Å². The van der Waals surface area contributed by atoms with Crippen molar-refractivity contribution in [2.75, 3.05) is 19.0 Å². The molecule has 10 nitrogen and oxygen atoms in total. The van der Waals surface area contributed by atoms with Gasteiger partial charge in [0.1, 0.15) is 11.3 Å². The zero-order chi connectivity index (χ0) is 25.7. The van der Waals surface area contributed by atoms with E-state index in [4.69, 9.17) is 9.47 Å². The molecular weight excluding hydrogens is 460 g/mol. The molecular formula is C26H28N6O4. The number of hydrogen-bond acceptors (Lipinski definition) is 7. The maximum Gasteiger partial charge on any atom is 0.257 e. The summed E-state index contributed by atoms with van der Waals surface area (Å²) in [7, 11) is 1.47. The highest BCUT2D eigenvalue weighted by Crippen LogP contribution is 2.24. The number of methoxy groups -OCH3 is 1. The molecule has 0 aliphatic carbocycles. The van der Waals surface area contributed by atoms with Crippen molar-refractivity contribution in [1.29, 1.82) is 0 Å². The summed E-state index contributed by atoms with van der Waals surface area (Å²) < 4.78 is 12.8. The first kappa shape index (κ1) is 24.6. The van der Waals surface area contributed by atoms with Crippen LogP contribution in [0.2, 0.25) is 0 Å². The fourth-order valence-corrected chi connectivity index (χ4v) is 3.51. The van der Waals surface area contributed by atoms with Gasteiger partial charge in [0.25, 0.3) is 5.91 Å². The average molecular weight is 489 g/mol. The summed E-state index contributed by atoms with van der Waals surface area (Å²) in [5.41, 5.74) is 2.92. The van der Waals surface area contributed by atoms with Crippen LogP contribution in [0.4, 0.5) is 5.82 Å². The summed E-state index contributed by atoms with van der Waals surface area (Å²) in [5, 5.41) is 10.1. The van der Waals surface area contributed by atoms with Gasteiger partial charge in [-0.2, -0.15) is 5.10 Å². The van der Waals surface area contributed by atoms with E-state index in [1.54, 1.807) is 35.1 Å². The van der Waals surface area contributed by atoms with Crippen LogP contribution in [0.5, 0.6) is 11.6 Å². The highest BCUT2D eigenvalue weighted by molar-refractivity contribution is 5.97. The zero-order valence-electron chi connectivity index (χ0n) is 20.6. The van der Waals surface area contributed by atoms with E-state index in [-0.39, 0.29) is 29.8 Å². The number of ether oxygens (including phenoxy) is 2. The number of pyridine rings is 1.